The van der Waals surface area contributed by atoms with Crippen LogP contribution in [0.3, 0.4) is 0 Å². The molecule has 0 saturated heterocycles. The summed E-state index contributed by atoms with van der Waals surface area (Å²) in [7, 11) is -2.69. The molecule has 1 amide bonds. The zero-order chi connectivity index (χ0) is 24.9. The highest BCUT2D eigenvalue weighted by molar-refractivity contribution is 6.99. The van der Waals surface area contributed by atoms with Crippen LogP contribution in [0.2, 0.25) is 5.04 Å². The van der Waals surface area contributed by atoms with Crippen LogP contribution in [0.15, 0.2) is 85.1 Å². The number of rotatable bonds is 6. The molecule has 1 saturated carbocycles. The van der Waals surface area contributed by atoms with Crippen LogP contribution in [0.5, 0.6) is 0 Å². The third-order valence-corrected chi connectivity index (χ3v) is 12.8. The first-order valence-corrected chi connectivity index (χ1v) is 14.8. The maximum Gasteiger partial charge on any atom is 0.271 e. The summed E-state index contributed by atoms with van der Waals surface area (Å²) >= 11 is 0. The van der Waals surface area contributed by atoms with Crippen molar-refractivity contribution in [2.75, 3.05) is 6.61 Å². The van der Waals surface area contributed by atoms with Crippen molar-refractivity contribution in [3.05, 3.63) is 90.8 Å². The molecule has 0 N–H and O–H groups in total. The second-order valence-electron chi connectivity index (χ2n) is 11.1. The van der Waals surface area contributed by atoms with Gasteiger partial charge in [0.15, 0.2) is 0 Å². The SMILES string of the molecule is CC(C)(C)[Si](OCC1Cn2c(cc3ncccc32)C(=O)N1C1CC1)(c1ccccc1)c1ccccc1. The summed E-state index contributed by atoms with van der Waals surface area (Å²) < 4.78 is 9.44. The van der Waals surface area contributed by atoms with Gasteiger partial charge in [-0.2, -0.15) is 0 Å². The highest BCUT2D eigenvalue weighted by Crippen LogP contribution is 2.39. The van der Waals surface area contributed by atoms with Crippen molar-refractivity contribution in [2.24, 2.45) is 0 Å². The number of fused-ring (bicyclic) bond motifs is 3. The summed E-state index contributed by atoms with van der Waals surface area (Å²) in [5.74, 6) is 0.109. The molecule has 1 unspecified atom stereocenters. The molecule has 2 aromatic heterocycles. The van der Waals surface area contributed by atoms with Gasteiger partial charge in [-0.05, 0) is 46.5 Å². The number of hydrogen-bond acceptors (Lipinski definition) is 3. The number of aromatic nitrogens is 2. The van der Waals surface area contributed by atoms with Crippen molar-refractivity contribution < 1.29 is 9.22 Å². The Morgan fingerprint density at radius 2 is 1.58 bits per heavy atom. The van der Waals surface area contributed by atoms with Crippen molar-refractivity contribution in [3.63, 3.8) is 0 Å². The fourth-order valence-corrected chi connectivity index (χ4v) is 10.6. The molecule has 3 heterocycles. The normalized spacial score (nSPS) is 18.5. The lowest BCUT2D eigenvalue weighted by atomic mass is 10.1. The first kappa shape index (κ1) is 23.2. The minimum atomic E-state index is -2.69. The topological polar surface area (TPSA) is 47.4 Å². The minimum Gasteiger partial charge on any atom is -0.405 e. The number of benzene rings is 2. The molecular weight excluding hydrogens is 462 g/mol. The van der Waals surface area contributed by atoms with Gasteiger partial charge in [0.2, 0.25) is 0 Å². The molecule has 1 atom stereocenters. The first-order valence-electron chi connectivity index (χ1n) is 12.9. The van der Waals surface area contributed by atoms with E-state index in [0.29, 0.717) is 12.6 Å². The number of nitrogens with zero attached hydrogens (tertiary/aromatic N) is 3. The van der Waals surface area contributed by atoms with Gasteiger partial charge in [-0.15, -0.1) is 0 Å². The predicted octanol–water partition coefficient (Wildman–Crippen LogP) is 4.60. The van der Waals surface area contributed by atoms with Gasteiger partial charge in [-0.25, -0.2) is 0 Å². The minimum absolute atomic E-state index is 0.0186. The van der Waals surface area contributed by atoms with Gasteiger partial charge in [0.25, 0.3) is 14.2 Å². The summed E-state index contributed by atoms with van der Waals surface area (Å²) in [5.41, 5.74) is 2.65. The van der Waals surface area contributed by atoms with E-state index in [2.05, 4.69) is 102 Å². The maximum atomic E-state index is 13.8. The van der Waals surface area contributed by atoms with Gasteiger partial charge < -0.3 is 13.9 Å². The van der Waals surface area contributed by atoms with Crippen LogP contribution in [0.25, 0.3) is 11.0 Å². The molecule has 5 nitrogen and oxygen atoms in total. The Morgan fingerprint density at radius 1 is 0.944 bits per heavy atom. The monoisotopic (exact) mass is 495 g/mol. The predicted molar refractivity (Wildman–Crippen MR) is 146 cm³/mol. The molecule has 1 aliphatic heterocycles. The molecule has 6 rings (SSSR count). The number of carbonyl (C=O) groups excluding carboxylic acids is 1. The first-order chi connectivity index (χ1) is 17.4. The molecule has 184 valence electrons. The van der Waals surface area contributed by atoms with E-state index in [9.17, 15) is 4.79 Å². The summed E-state index contributed by atoms with van der Waals surface area (Å²) in [6.07, 6.45) is 3.93. The lowest BCUT2D eigenvalue weighted by molar-refractivity contribution is 0.0481. The Labute approximate surface area is 213 Å². The average molecular weight is 496 g/mol. The molecule has 4 aromatic rings. The Hall–Kier alpha value is -3.22. The molecule has 2 aromatic carbocycles. The van der Waals surface area contributed by atoms with Crippen molar-refractivity contribution in [3.8, 4) is 0 Å². The van der Waals surface area contributed by atoms with Crippen LogP contribution < -0.4 is 10.4 Å². The van der Waals surface area contributed by atoms with Crippen molar-refractivity contribution in [1.82, 2.24) is 14.5 Å². The second kappa shape index (κ2) is 8.71. The van der Waals surface area contributed by atoms with E-state index in [-0.39, 0.29) is 17.0 Å². The van der Waals surface area contributed by atoms with E-state index >= 15 is 0 Å². The van der Waals surface area contributed by atoms with E-state index in [1.165, 1.54) is 10.4 Å². The summed E-state index contributed by atoms with van der Waals surface area (Å²) in [6, 6.07) is 27.7. The number of carbonyl (C=O) groups is 1. The van der Waals surface area contributed by atoms with E-state index < -0.39 is 8.32 Å². The zero-order valence-corrected chi connectivity index (χ0v) is 22.2. The molecule has 1 fully saturated rings. The molecule has 0 bridgehead atoms. The Kier molecular flexibility index (Phi) is 5.61. The summed E-state index contributed by atoms with van der Waals surface area (Å²) in [5, 5.41) is 2.42. The second-order valence-corrected chi connectivity index (χ2v) is 15.4. The quantitative estimate of drug-likeness (QED) is 0.367. The molecule has 1 aliphatic carbocycles. The van der Waals surface area contributed by atoms with Crippen molar-refractivity contribution in [2.45, 2.75) is 57.3 Å². The van der Waals surface area contributed by atoms with Crippen LogP contribution in [0.1, 0.15) is 44.1 Å². The van der Waals surface area contributed by atoms with E-state index in [0.717, 1.165) is 36.1 Å². The lowest BCUT2D eigenvalue weighted by Crippen LogP contribution is -2.67. The van der Waals surface area contributed by atoms with Crippen molar-refractivity contribution >= 4 is 35.6 Å². The van der Waals surface area contributed by atoms with Gasteiger partial charge in [0, 0.05) is 18.8 Å². The number of hydrogen-bond donors (Lipinski definition) is 0. The van der Waals surface area contributed by atoms with Crippen LogP contribution in [-0.2, 0) is 11.0 Å². The van der Waals surface area contributed by atoms with Crippen LogP contribution in [-0.4, -0.2) is 47.4 Å². The molecule has 2 aliphatic rings. The largest absolute Gasteiger partial charge is 0.405 e. The van der Waals surface area contributed by atoms with Crippen molar-refractivity contribution in [1.29, 1.82) is 0 Å². The molecule has 36 heavy (non-hydrogen) atoms. The van der Waals surface area contributed by atoms with Gasteiger partial charge in [0.05, 0.1) is 23.7 Å². The standard InChI is InChI=1S/C30H33N3O2Si/c1-30(2,3)36(24-11-6-4-7-12-24,25-13-8-5-9-14-25)35-21-23-20-32-27-15-10-18-31-26(27)19-28(32)29(34)33(23)22-16-17-22/h4-15,18-19,22-23H,16-17,20-21H2,1-3H3. The average Bonchev–Trinajstić information content (AvgIpc) is 3.65. The molecule has 6 heteroatoms. The Morgan fingerprint density at radius 3 is 2.17 bits per heavy atom. The summed E-state index contributed by atoms with van der Waals surface area (Å²) in [4.78, 5) is 20.4. The van der Waals surface area contributed by atoms with Crippen LogP contribution >= 0.6 is 0 Å². The smallest absolute Gasteiger partial charge is 0.271 e. The van der Waals surface area contributed by atoms with Gasteiger partial charge in [-0.3, -0.25) is 9.78 Å². The zero-order valence-electron chi connectivity index (χ0n) is 21.2. The fourth-order valence-electron chi connectivity index (χ4n) is 5.99. The van der Waals surface area contributed by atoms with Gasteiger partial charge in [0.1, 0.15) is 5.69 Å². The molecular formula is C30H33N3O2Si. The Balaban J connectivity index is 1.42. The highest BCUT2D eigenvalue weighted by atomic mass is 28.4. The summed E-state index contributed by atoms with van der Waals surface area (Å²) in [6.45, 7) is 8.13. The van der Waals surface area contributed by atoms with Gasteiger partial charge in [-0.1, -0.05) is 81.4 Å². The lowest BCUT2D eigenvalue weighted by Gasteiger charge is -2.45. The fraction of sp³-hybridized carbons (Fsp3) is 0.333. The third kappa shape index (κ3) is 3.71. The van der Waals surface area contributed by atoms with Crippen LogP contribution in [0, 0.1) is 0 Å². The molecule has 0 radical (unpaired) electrons. The van der Waals surface area contributed by atoms with E-state index in [1.807, 2.05) is 12.1 Å². The van der Waals surface area contributed by atoms with E-state index in [4.69, 9.17) is 4.43 Å². The van der Waals surface area contributed by atoms with Crippen LogP contribution in [0.4, 0.5) is 0 Å². The third-order valence-electron chi connectivity index (χ3n) is 7.76. The highest BCUT2D eigenvalue weighted by Gasteiger charge is 2.51. The maximum absolute atomic E-state index is 13.8. The number of amides is 1. The molecule has 0 spiro atoms. The number of pyridine rings is 1. The van der Waals surface area contributed by atoms with E-state index in [1.54, 1.807) is 6.20 Å². The Bertz CT molecular complexity index is 1350. The van der Waals surface area contributed by atoms with Gasteiger partial charge >= 0.3 is 0 Å².